The zero-order valence-electron chi connectivity index (χ0n) is 4.04. The van der Waals surface area contributed by atoms with Crippen LogP contribution in [-0.2, 0) is 0 Å². The second kappa shape index (κ2) is 0.971. The average molecular weight is 93.1 g/mol. The first-order valence-corrected chi connectivity index (χ1v) is 2.67. The second-order valence-corrected chi connectivity index (χ2v) is 2.15. The highest BCUT2D eigenvalue weighted by atomic mass is 14.8. The summed E-state index contributed by atoms with van der Waals surface area (Å²) in [5, 5.41) is 0. The predicted octanol–water partition coefficient (Wildman–Crippen LogP) is 1.02. The van der Waals surface area contributed by atoms with Crippen molar-refractivity contribution in [1.29, 1.82) is 0 Å². The van der Waals surface area contributed by atoms with Crippen molar-refractivity contribution in [1.82, 2.24) is 0 Å². The summed E-state index contributed by atoms with van der Waals surface area (Å²) in [4.78, 5) is 4.19. The summed E-state index contributed by atoms with van der Waals surface area (Å²) >= 11 is 0. The summed E-state index contributed by atoms with van der Waals surface area (Å²) in [6, 6.07) is 0.560. The van der Waals surface area contributed by atoms with Crippen molar-refractivity contribution < 1.29 is 0 Å². The van der Waals surface area contributed by atoms with Gasteiger partial charge in [0, 0.05) is 12.1 Å². The number of aliphatic imine (C=N–C) groups is 1. The van der Waals surface area contributed by atoms with Gasteiger partial charge in [-0.3, -0.25) is 4.99 Å². The van der Waals surface area contributed by atoms with Gasteiger partial charge in [-0.1, -0.05) is 12.2 Å². The number of fused-ring (bicyclic) bond motifs is 2. The topological polar surface area (TPSA) is 12.4 Å². The van der Waals surface area contributed by atoms with Crippen LogP contribution in [0.15, 0.2) is 17.1 Å². The van der Waals surface area contributed by atoms with E-state index in [1.165, 1.54) is 6.42 Å². The minimum Gasteiger partial charge on any atom is -0.289 e. The van der Waals surface area contributed by atoms with E-state index in [-0.39, 0.29) is 0 Å². The summed E-state index contributed by atoms with van der Waals surface area (Å²) in [5.41, 5.74) is 0. The second-order valence-electron chi connectivity index (χ2n) is 2.15. The van der Waals surface area contributed by atoms with Gasteiger partial charge >= 0.3 is 0 Å². The molecule has 0 aromatic carbocycles. The summed E-state index contributed by atoms with van der Waals surface area (Å²) in [6.07, 6.45) is 7.72. The van der Waals surface area contributed by atoms with Crippen LogP contribution in [0.3, 0.4) is 0 Å². The zero-order chi connectivity index (χ0) is 4.69. The van der Waals surface area contributed by atoms with Crippen LogP contribution in [0.1, 0.15) is 6.42 Å². The monoisotopic (exact) mass is 93.1 g/mol. The Balaban J connectivity index is 2.38. The van der Waals surface area contributed by atoms with Crippen molar-refractivity contribution in [3.8, 4) is 0 Å². The molecule has 36 valence electrons. The van der Waals surface area contributed by atoms with Gasteiger partial charge in [0.2, 0.25) is 0 Å². The summed E-state index contributed by atoms with van der Waals surface area (Å²) in [6.45, 7) is 0. The van der Waals surface area contributed by atoms with E-state index in [9.17, 15) is 0 Å². The Bertz CT molecular complexity index is 107. The smallest absolute Gasteiger partial charge is 0.0685 e. The number of nitrogens with zero attached hydrogens (tertiary/aromatic N) is 1. The van der Waals surface area contributed by atoms with E-state index in [0.29, 0.717) is 12.0 Å². The van der Waals surface area contributed by atoms with Gasteiger partial charge in [-0.2, -0.15) is 0 Å². The fourth-order valence-corrected chi connectivity index (χ4v) is 1.15. The van der Waals surface area contributed by atoms with Crippen molar-refractivity contribution in [3.63, 3.8) is 0 Å². The summed E-state index contributed by atoms with van der Waals surface area (Å²) in [7, 11) is 0. The van der Waals surface area contributed by atoms with Gasteiger partial charge < -0.3 is 0 Å². The average Bonchev–Trinajstić information content (AvgIpc) is 2.22. The first-order chi connectivity index (χ1) is 3.45. The number of dihydropyridines is 1. The molecule has 2 bridgehead atoms. The van der Waals surface area contributed by atoms with E-state index in [1.54, 1.807) is 0 Å². The third kappa shape index (κ3) is 0.350. The number of allylic oxidation sites excluding steroid dienone is 1. The molecule has 0 radical (unpaired) electrons. The molecule has 0 unspecified atom stereocenters. The van der Waals surface area contributed by atoms with Crippen LogP contribution in [0.2, 0.25) is 0 Å². The lowest BCUT2D eigenvalue weighted by atomic mass is 10.2. The lowest BCUT2D eigenvalue weighted by Gasteiger charge is -1.88. The van der Waals surface area contributed by atoms with E-state index in [0.717, 1.165) is 0 Å². The number of hydrogen-bond donors (Lipinski definition) is 0. The molecule has 1 heteroatoms. The standard InChI is InChI=1S/C6H7N/c1-2-6-3-5(1)4-7-6/h1-2,4-6H,3H2/t5-,6+/m0/s1. The predicted molar refractivity (Wildman–Crippen MR) is 29.5 cm³/mol. The molecular weight excluding hydrogens is 86.1 g/mol. The van der Waals surface area contributed by atoms with Crippen molar-refractivity contribution in [2.45, 2.75) is 12.5 Å². The van der Waals surface area contributed by atoms with Crippen molar-refractivity contribution in [2.75, 3.05) is 0 Å². The van der Waals surface area contributed by atoms with E-state index >= 15 is 0 Å². The lowest BCUT2D eigenvalue weighted by molar-refractivity contribution is 0.782. The number of rotatable bonds is 0. The van der Waals surface area contributed by atoms with Crippen molar-refractivity contribution in [2.24, 2.45) is 10.9 Å². The molecule has 1 nitrogen and oxygen atoms in total. The van der Waals surface area contributed by atoms with E-state index in [1.807, 2.05) is 6.21 Å². The maximum Gasteiger partial charge on any atom is 0.0685 e. The van der Waals surface area contributed by atoms with E-state index in [2.05, 4.69) is 17.1 Å². The van der Waals surface area contributed by atoms with Gasteiger partial charge in [0.1, 0.15) is 0 Å². The summed E-state index contributed by atoms with van der Waals surface area (Å²) < 4.78 is 0. The van der Waals surface area contributed by atoms with E-state index in [4.69, 9.17) is 0 Å². The maximum absolute atomic E-state index is 4.19. The third-order valence-corrected chi connectivity index (χ3v) is 1.56. The molecule has 0 fully saturated rings. The first-order valence-electron chi connectivity index (χ1n) is 2.67. The Labute approximate surface area is 42.8 Å². The van der Waals surface area contributed by atoms with Crippen LogP contribution < -0.4 is 0 Å². The molecule has 2 rings (SSSR count). The lowest BCUT2D eigenvalue weighted by Crippen LogP contribution is -1.87. The highest BCUT2D eigenvalue weighted by Crippen LogP contribution is 2.23. The Hall–Kier alpha value is -0.590. The van der Waals surface area contributed by atoms with Gasteiger partial charge in [0.15, 0.2) is 0 Å². The molecule has 2 aliphatic rings. The molecule has 1 heterocycles. The maximum atomic E-state index is 4.19. The Morgan fingerprint density at radius 1 is 1.43 bits per heavy atom. The SMILES string of the molecule is C1=C[C@@H]2C[C@H]1C=N2. The van der Waals surface area contributed by atoms with Crippen LogP contribution in [0.4, 0.5) is 0 Å². The molecule has 0 amide bonds. The fourth-order valence-electron chi connectivity index (χ4n) is 1.15. The molecule has 0 aromatic heterocycles. The normalized spacial score (nSPS) is 43.4. The molecule has 0 saturated heterocycles. The molecule has 7 heavy (non-hydrogen) atoms. The number of hydrogen-bond acceptors (Lipinski definition) is 1. The molecule has 1 aliphatic heterocycles. The Morgan fingerprint density at radius 3 is 2.57 bits per heavy atom. The largest absolute Gasteiger partial charge is 0.289 e. The fraction of sp³-hybridized carbons (Fsp3) is 0.500. The quantitative estimate of drug-likeness (QED) is 0.396. The van der Waals surface area contributed by atoms with Gasteiger partial charge in [-0.15, -0.1) is 0 Å². The molecular formula is C6H7N. The highest BCUT2D eigenvalue weighted by molar-refractivity contribution is 5.68. The first kappa shape index (κ1) is 3.42. The molecule has 0 spiro atoms. The third-order valence-electron chi connectivity index (χ3n) is 1.56. The minimum absolute atomic E-state index is 0.560. The summed E-state index contributed by atoms with van der Waals surface area (Å²) in [5.74, 6) is 0.699. The zero-order valence-corrected chi connectivity index (χ0v) is 4.04. The van der Waals surface area contributed by atoms with Gasteiger partial charge in [-0.25, -0.2) is 0 Å². The molecule has 2 atom stereocenters. The Kier molecular flexibility index (Phi) is 0.474. The molecule has 1 aliphatic carbocycles. The van der Waals surface area contributed by atoms with Crippen molar-refractivity contribution >= 4 is 6.21 Å². The van der Waals surface area contributed by atoms with Gasteiger partial charge in [-0.05, 0) is 6.42 Å². The van der Waals surface area contributed by atoms with Crippen LogP contribution >= 0.6 is 0 Å². The van der Waals surface area contributed by atoms with Gasteiger partial charge in [0.05, 0.1) is 6.04 Å². The Morgan fingerprint density at radius 2 is 2.43 bits per heavy atom. The highest BCUT2D eigenvalue weighted by Gasteiger charge is 2.20. The van der Waals surface area contributed by atoms with E-state index < -0.39 is 0 Å². The van der Waals surface area contributed by atoms with Gasteiger partial charge in [0.25, 0.3) is 0 Å². The molecule has 0 N–H and O–H groups in total. The van der Waals surface area contributed by atoms with Crippen LogP contribution in [0.5, 0.6) is 0 Å². The minimum atomic E-state index is 0.560. The van der Waals surface area contributed by atoms with Crippen LogP contribution in [0, 0.1) is 5.92 Å². The molecule has 0 aromatic rings. The molecule has 0 saturated carbocycles. The van der Waals surface area contributed by atoms with Crippen LogP contribution in [-0.4, -0.2) is 12.3 Å². The van der Waals surface area contributed by atoms with Crippen LogP contribution in [0.25, 0.3) is 0 Å². The van der Waals surface area contributed by atoms with Crippen molar-refractivity contribution in [3.05, 3.63) is 12.2 Å².